The Kier molecular flexibility index (Phi) is 17.9. The van der Waals surface area contributed by atoms with Crippen LogP contribution in [0.5, 0.6) is 11.5 Å². The van der Waals surface area contributed by atoms with E-state index in [1.807, 2.05) is 26.8 Å². The van der Waals surface area contributed by atoms with Gasteiger partial charge < -0.3 is 24.1 Å². The molecule has 1 aromatic carbocycles. The summed E-state index contributed by atoms with van der Waals surface area (Å²) >= 11 is 0. The first-order valence-electron chi connectivity index (χ1n) is 11.5. The van der Waals surface area contributed by atoms with Crippen molar-refractivity contribution in [3.63, 3.8) is 0 Å². The number of allylic oxidation sites excluding steroid dienone is 4. The molecule has 0 fully saturated rings. The van der Waals surface area contributed by atoms with Crippen molar-refractivity contribution >= 4 is 44.1 Å². The first-order valence-corrected chi connectivity index (χ1v) is 14.2. The van der Waals surface area contributed by atoms with Crippen LogP contribution >= 0.6 is 0 Å². The van der Waals surface area contributed by atoms with Crippen molar-refractivity contribution in [1.82, 2.24) is 3.87 Å². The van der Waals surface area contributed by atoms with Gasteiger partial charge in [0.25, 0.3) is 0 Å². The topological polar surface area (TPSA) is 256 Å². The number of hydrogen-bond acceptors (Lipinski definition) is 13. The molecular weight excluding hydrogens is 669 g/mol. The van der Waals surface area contributed by atoms with Crippen LogP contribution < -0.4 is 108 Å². The zero-order valence-corrected chi connectivity index (χ0v) is 32.7. The van der Waals surface area contributed by atoms with Gasteiger partial charge in [-0.15, -0.1) is 0 Å². The number of ether oxygens (including phenoxy) is 1. The fraction of sp³-hybridized carbons (Fsp3) is 0.417. The largest absolute Gasteiger partial charge is 1.00 e. The zero-order valence-electron chi connectivity index (χ0n) is 24.8. The minimum atomic E-state index is -5.62. The van der Waals surface area contributed by atoms with Crippen molar-refractivity contribution in [2.75, 3.05) is 0 Å². The van der Waals surface area contributed by atoms with Crippen LogP contribution in [0.2, 0.25) is 0 Å². The van der Waals surface area contributed by atoms with Gasteiger partial charge in [-0.2, -0.15) is 0 Å². The van der Waals surface area contributed by atoms with Gasteiger partial charge in [-0.1, -0.05) is 39.8 Å². The molecule has 2 aliphatic rings. The summed E-state index contributed by atoms with van der Waals surface area (Å²) in [6.07, 6.45) is 2.96. The number of carbonyl (C=O) groups excluding carboxylic acids is 3. The van der Waals surface area contributed by atoms with Gasteiger partial charge in [-0.05, 0) is 37.1 Å². The molecule has 3 N–H and O–H groups in total. The minimum absolute atomic E-state index is 0. The fourth-order valence-electron chi connectivity index (χ4n) is 4.30. The molecule has 228 valence electrons. The summed E-state index contributed by atoms with van der Waals surface area (Å²) in [5, 5.41) is 26.2. The zero-order chi connectivity index (χ0) is 32.3. The molecule has 1 heterocycles. The number of carboxylic acids is 1. The quantitative estimate of drug-likeness (QED) is 0.0498. The third-order valence-corrected chi connectivity index (χ3v) is 7.67. The maximum Gasteiger partial charge on any atom is 1.00 e. The van der Waals surface area contributed by atoms with E-state index in [2.05, 4.69) is 0 Å². The maximum atomic E-state index is 11.7. The summed E-state index contributed by atoms with van der Waals surface area (Å²) < 4.78 is 60.4. The molecule has 0 bridgehead atoms. The second-order valence-electron chi connectivity index (χ2n) is 10.3. The molecule has 0 saturated heterocycles. The van der Waals surface area contributed by atoms with E-state index in [-0.39, 0.29) is 126 Å². The first-order chi connectivity index (χ1) is 18.3. The number of phenols is 1. The van der Waals surface area contributed by atoms with Crippen LogP contribution in [-0.4, -0.2) is 68.7 Å². The number of aliphatic carboxylic acids is 1. The monoisotopic (exact) mass is 697 g/mol. The molecule has 1 aliphatic heterocycles. The molecule has 1 aromatic rings. The molecule has 1 aliphatic carbocycles. The number of rotatable bonds is 5. The van der Waals surface area contributed by atoms with Crippen LogP contribution in [0.3, 0.4) is 0 Å². The van der Waals surface area contributed by atoms with Gasteiger partial charge >= 0.3 is 115 Å². The molecule has 0 amide bonds. The number of Topliss-reactive ketones (excluding diaryl/α,β-unsaturated/α-hetero) is 1. The van der Waals surface area contributed by atoms with Gasteiger partial charge in [0, 0.05) is 25.8 Å². The van der Waals surface area contributed by atoms with Crippen LogP contribution in [0.15, 0.2) is 35.4 Å². The number of phenolic OH excluding ortho intramolecular Hbond substituents is 1. The van der Waals surface area contributed by atoms with Crippen molar-refractivity contribution in [2.24, 2.45) is 5.41 Å². The molecule has 0 saturated carbocycles. The number of benzene rings is 1. The van der Waals surface area contributed by atoms with E-state index in [1.54, 1.807) is 32.9 Å². The molecule has 0 unspecified atom stereocenters. The van der Waals surface area contributed by atoms with E-state index >= 15 is 0 Å². The number of nitrogens with zero attached hydrogens (tertiary/aromatic N) is 1. The third kappa shape index (κ3) is 12.8. The van der Waals surface area contributed by atoms with Crippen LogP contribution in [0.25, 0.3) is 0 Å². The standard InChI is InChI=1S/C12H14O4.C12H14O3.2K.H3NO7S2/c1-7-4-5-8(13)11(16)10(7)12(2,3)6-9(14)15;1-7-4-5-8(13)11-10(7)12(2,3)6-9(14)15-11;;;2-1(9(3,4)5)10(6,7)8/h4-5H,6H2,1-3H3,(H,14,15);4-5,13H,6H2,1-3H3;;;2H,(H,3,4,5)(H,6,7,8)/q;;2*+1;/p-2. The number of ketones is 2. The molecule has 0 spiro atoms. The van der Waals surface area contributed by atoms with Gasteiger partial charge in [-0.3, -0.25) is 24.4 Å². The number of fused-ring (bicyclic) bond motifs is 1. The number of esters is 1. The normalized spacial score (nSPS) is 15.9. The molecule has 0 radical (unpaired) electrons. The second kappa shape index (κ2) is 17.1. The third-order valence-electron chi connectivity index (χ3n) is 5.81. The summed E-state index contributed by atoms with van der Waals surface area (Å²) in [5.41, 5.74) is 1.85. The van der Waals surface area contributed by atoms with Crippen molar-refractivity contribution in [2.45, 2.75) is 59.8 Å². The summed E-state index contributed by atoms with van der Waals surface area (Å²) in [4.78, 5) is 45.1. The number of hydrogen-bond donors (Lipinski definition) is 3. The molecular formula is C24H29K2NO14S2. The average Bonchev–Trinajstić information content (AvgIpc) is 2.76. The Morgan fingerprint density at radius 1 is 1.02 bits per heavy atom. The van der Waals surface area contributed by atoms with Gasteiger partial charge in [0.1, 0.15) is 0 Å². The molecule has 43 heavy (non-hydrogen) atoms. The van der Waals surface area contributed by atoms with E-state index in [9.17, 15) is 50.2 Å². The number of aromatic hydroxyl groups is 1. The van der Waals surface area contributed by atoms with Crippen molar-refractivity contribution in [3.8, 4) is 11.5 Å². The van der Waals surface area contributed by atoms with E-state index in [0.717, 1.165) is 11.1 Å². The smallest absolute Gasteiger partial charge is 0.733 e. The molecule has 3 rings (SSSR count). The fourth-order valence-corrected chi connectivity index (χ4v) is 5.19. The van der Waals surface area contributed by atoms with Crippen LogP contribution in [-0.2, 0) is 45.2 Å². The van der Waals surface area contributed by atoms with Gasteiger partial charge in [0.15, 0.2) is 32.1 Å². The summed E-state index contributed by atoms with van der Waals surface area (Å²) in [5.74, 6) is -2.08. The number of carboxylic acid groups (broad SMARTS) is 1. The Balaban J connectivity index is 0. The Labute approximate surface area is 334 Å². The van der Waals surface area contributed by atoms with E-state index in [4.69, 9.17) is 15.1 Å². The van der Waals surface area contributed by atoms with Crippen molar-refractivity contribution < 1.29 is 168 Å². The Bertz CT molecular complexity index is 1510. The van der Waals surface area contributed by atoms with Crippen molar-refractivity contribution in [3.05, 3.63) is 46.6 Å². The summed E-state index contributed by atoms with van der Waals surface area (Å²) in [6, 6.07) is 3.40. The first kappa shape index (κ1) is 44.9. The van der Waals surface area contributed by atoms with Crippen molar-refractivity contribution in [1.29, 1.82) is 0 Å². The second-order valence-corrected chi connectivity index (χ2v) is 12.9. The van der Waals surface area contributed by atoms with E-state index in [0.29, 0.717) is 23.3 Å². The Morgan fingerprint density at radius 2 is 1.51 bits per heavy atom. The average molecular weight is 698 g/mol. The Hall–Kier alpha value is -0.207. The molecule has 0 aromatic heterocycles. The summed E-state index contributed by atoms with van der Waals surface area (Å²) in [6.45, 7) is 10.9. The molecule has 15 nitrogen and oxygen atoms in total. The van der Waals surface area contributed by atoms with Gasteiger partial charge in [0.2, 0.25) is 11.6 Å². The van der Waals surface area contributed by atoms with E-state index in [1.165, 1.54) is 6.08 Å². The Morgan fingerprint density at radius 3 is 1.93 bits per heavy atom. The van der Waals surface area contributed by atoms with Crippen LogP contribution in [0, 0.1) is 12.3 Å². The van der Waals surface area contributed by atoms with Gasteiger partial charge in [-0.25, -0.2) is 16.8 Å². The summed E-state index contributed by atoms with van der Waals surface area (Å²) in [7, 11) is -11.2. The predicted molar refractivity (Wildman–Crippen MR) is 137 cm³/mol. The van der Waals surface area contributed by atoms with Crippen LogP contribution in [0.4, 0.5) is 0 Å². The SMILES string of the molecule is CC1=C(C(C)(C)CC(=O)O)C(=O)C(=O)C=C1.Cc1ccc(O)c2c1C(C)(C)CC(=O)O2.O=S(=O)([O-])N(O)S(=O)(=O)[O-].[K+].[K+]. The number of aryl methyl sites for hydroxylation is 1. The minimum Gasteiger partial charge on any atom is -0.733 e. The van der Waals surface area contributed by atoms with E-state index < -0.39 is 47.4 Å². The van der Waals surface area contributed by atoms with Gasteiger partial charge in [0.05, 0.1) is 12.8 Å². The molecule has 0 atom stereocenters. The molecule has 19 heteroatoms. The number of carbonyl (C=O) groups is 4. The van der Waals surface area contributed by atoms with Crippen LogP contribution in [0.1, 0.15) is 58.6 Å². The predicted octanol–water partition coefficient (Wildman–Crippen LogP) is -4.59. The maximum absolute atomic E-state index is 11.7.